The zero-order valence-electron chi connectivity index (χ0n) is 16.3. The third-order valence-corrected chi connectivity index (χ3v) is 4.25. The summed E-state index contributed by atoms with van der Waals surface area (Å²) in [5, 5.41) is 11.8. The molecular formula is C22H26N2O4. The molecule has 0 atom stereocenters. The van der Waals surface area contributed by atoms with Crippen molar-refractivity contribution >= 4 is 23.5 Å². The number of hydrogen-bond acceptors (Lipinski definition) is 3. The summed E-state index contributed by atoms with van der Waals surface area (Å²) >= 11 is 0. The summed E-state index contributed by atoms with van der Waals surface area (Å²) in [6.45, 7) is 5.39. The number of carbonyl (C=O) groups excluding carboxylic acids is 2. The van der Waals surface area contributed by atoms with Gasteiger partial charge in [0.05, 0.1) is 6.42 Å². The maximum Gasteiger partial charge on any atom is 0.307 e. The van der Waals surface area contributed by atoms with Crippen LogP contribution in [0.2, 0.25) is 0 Å². The largest absolute Gasteiger partial charge is 0.481 e. The molecule has 0 fully saturated rings. The van der Waals surface area contributed by atoms with E-state index in [-0.39, 0.29) is 18.2 Å². The molecule has 148 valence electrons. The van der Waals surface area contributed by atoms with Gasteiger partial charge in [0.15, 0.2) is 0 Å². The second-order valence-electron chi connectivity index (χ2n) is 6.55. The highest BCUT2D eigenvalue weighted by Gasteiger charge is 2.17. The van der Waals surface area contributed by atoms with Crippen LogP contribution in [-0.2, 0) is 11.2 Å². The Hall–Kier alpha value is -3.15. The lowest BCUT2D eigenvalue weighted by molar-refractivity contribution is -0.136. The van der Waals surface area contributed by atoms with Crippen molar-refractivity contribution in [3.63, 3.8) is 0 Å². The van der Waals surface area contributed by atoms with Crippen LogP contribution in [0.25, 0.3) is 0 Å². The van der Waals surface area contributed by atoms with Crippen molar-refractivity contribution in [2.24, 2.45) is 0 Å². The number of benzene rings is 2. The van der Waals surface area contributed by atoms with E-state index < -0.39 is 5.97 Å². The lowest BCUT2D eigenvalue weighted by Gasteiger charge is -2.21. The zero-order chi connectivity index (χ0) is 20.5. The van der Waals surface area contributed by atoms with E-state index in [1.54, 1.807) is 53.4 Å². The third-order valence-electron chi connectivity index (χ3n) is 4.25. The number of hydrogen-bond donors (Lipinski definition) is 2. The number of carbonyl (C=O) groups is 3. The molecule has 6 heteroatoms. The van der Waals surface area contributed by atoms with Gasteiger partial charge in [0.1, 0.15) is 0 Å². The summed E-state index contributed by atoms with van der Waals surface area (Å²) < 4.78 is 0. The van der Waals surface area contributed by atoms with Gasteiger partial charge in [-0.3, -0.25) is 14.4 Å². The highest BCUT2D eigenvalue weighted by Crippen LogP contribution is 2.18. The molecular weight excluding hydrogens is 356 g/mol. The Morgan fingerprint density at radius 1 is 0.929 bits per heavy atom. The Morgan fingerprint density at radius 2 is 1.57 bits per heavy atom. The molecule has 0 unspecified atom stereocenters. The van der Waals surface area contributed by atoms with Crippen LogP contribution < -0.4 is 5.32 Å². The second-order valence-corrected chi connectivity index (χ2v) is 6.55. The summed E-state index contributed by atoms with van der Waals surface area (Å²) in [7, 11) is 0. The molecule has 0 aliphatic rings. The summed E-state index contributed by atoms with van der Waals surface area (Å²) in [5.41, 5.74) is 1.79. The molecule has 0 aliphatic carbocycles. The molecule has 2 N–H and O–H groups in total. The first-order chi connectivity index (χ1) is 13.5. The van der Waals surface area contributed by atoms with Crippen molar-refractivity contribution < 1.29 is 19.5 Å². The lowest BCUT2D eigenvalue weighted by Crippen LogP contribution is -2.32. The number of nitrogens with one attached hydrogen (secondary N) is 1. The molecule has 2 rings (SSSR count). The van der Waals surface area contributed by atoms with Crippen molar-refractivity contribution in [3.05, 3.63) is 65.2 Å². The normalized spacial score (nSPS) is 10.4. The predicted octanol–water partition coefficient (Wildman–Crippen LogP) is 3.83. The molecule has 2 aromatic rings. The monoisotopic (exact) mass is 382 g/mol. The fourth-order valence-electron chi connectivity index (χ4n) is 2.98. The molecule has 0 radical (unpaired) electrons. The SMILES string of the molecule is CCCN(CCC)C(=O)c1cccc(C(=O)Nc2ccccc2CC(=O)O)c1. The van der Waals surface area contributed by atoms with E-state index in [2.05, 4.69) is 5.32 Å². The second kappa shape index (κ2) is 10.3. The number of para-hydroxylation sites is 1. The Morgan fingerprint density at radius 3 is 2.21 bits per heavy atom. The van der Waals surface area contributed by atoms with Crippen LogP contribution in [0.15, 0.2) is 48.5 Å². The lowest BCUT2D eigenvalue weighted by atomic mass is 10.1. The van der Waals surface area contributed by atoms with Crippen LogP contribution >= 0.6 is 0 Å². The van der Waals surface area contributed by atoms with E-state index in [0.29, 0.717) is 35.5 Å². The van der Waals surface area contributed by atoms with E-state index in [4.69, 9.17) is 5.11 Å². The first-order valence-electron chi connectivity index (χ1n) is 9.46. The van der Waals surface area contributed by atoms with Gasteiger partial charge in [-0.1, -0.05) is 38.1 Å². The summed E-state index contributed by atoms with van der Waals surface area (Å²) in [6.07, 6.45) is 1.55. The summed E-state index contributed by atoms with van der Waals surface area (Å²) in [4.78, 5) is 38.2. The van der Waals surface area contributed by atoms with Gasteiger partial charge in [0.25, 0.3) is 11.8 Å². The average Bonchev–Trinajstić information content (AvgIpc) is 2.68. The van der Waals surface area contributed by atoms with Gasteiger partial charge in [-0.15, -0.1) is 0 Å². The third kappa shape index (κ3) is 5.67. The number of rotatable bonds is 9. The maximum atomic E-state index is 12.8. The van der Waals surface area contributed by atoms with Gasteiger partial charge in [0, 0.05) is 29.9 Å². The molecule has 0 aromatic heterocycles. The first-order valence-corrected chi connectivity index (χ1v) is 9.46. The topological polar surface area (TPSA) is 86.7 Å². The van der Waals surface area contributed by atoms with Crippen molar-refractivity contribution in [2.45, 2.75) is 33.1 Å². The Bertz CT molecular complexity index is 842. The maximum absolute atomic E-state index is 12.8. The van der Waals surface area contributed by atoms with Gasteiger partial charge >= 0.3 is 5.97 Å². The molecule has 0 heterocycles. The summed E-state index contributed by atoms with van der Waals surface area (Å²) in [5.74, 6) is -1.45. The molecule has 0 saturated carbocycles. The predicted molar refractivity (Wildman–Crippen MR) is 109 cm³/mol. The number of carboxylic acids is 1. The number of carboxylic acid groups (broad SMARTS) is 1. The number of amides is 2. The van der Waals surface area contributed by atoms with Gasteiger partial charge in [0.2, 0.25) is 0 Å². The van der Waals surface area contributed by atoms with Crippen LogP contribution in [0.1, 0.15) is 53.0 Å². The van der Waals surface area contributed by atoms with Gasteiger partial charge in [-0.2, -0.15) is 0 Å². The minimum Gasteiger partial charge on any atom is -0.481 e. The Kier molecular flexibility index (Phi) is 7.75. The van der Waals surface area contributed by atoms with E-state index in [0.717, 1.165) is 12.8 Å². The number of aliphatic carboxylic acids is 1. The van der Waals surface area contributed by atoms with Crippen molar-refractivity contribution in [1.82, 2.24) is 4.90 Å². The quantitative estimate of drug-likeness (QED) is 0.690. The van der Waals surface area contributed by atoms with Crippen LogP contribution in [-0.4, -0.2) is 40.9 Å². The Labute approximate surface area is 165 Å². The molecule has 6 nitrogen and oxygen atoms in total. The van der Waals surface area contributed by atoms with Gasteiger partial charge in [-0.05, 0) is 42.7 Å². The first kappa shape index (κ1) is 21.2. The Balaban J connectivity index is 2.21. The molecule has 28 heavy (non-hydrogen) atoms. The summed E-state index contributed by atoms with van der Waals surface area (Å²) in [6, 6.07) is 13.4. The van der Waals surface area contributed by atoms with Gasteiger partial charge in [-0.25, -0.2) is 0 Å². The highest BCUT2D eigenvalue weighted by molar-refractivity contribution is 6.06. The van der Waals surface area contributed by atoms with Crippen molar-refractivity contribution in [3.8, 4) is 0 Å². The highest BCUT2D eigenvalue weighted by atomic mass is 16.4. The fourth-order valence-corrected chi connectivity index (χ4v) is 2.98. The van der Waals surface area contributed by atoms with Gasteiger partial charge < -0.3 is 15.3 Å². The number of anilines is 1. The number of nitrogens with zero attached hydrogens (tertiary/aromatic N) is 1. The minimum absolute atomic E-state index is 0.0929. The van der Waals surface area contributed by atoms with Crippen molar-refractivity contribution in [1.29, 1.82) is 0 Å². The smallest absolute Gasteiger partial charge is 0.307 e. The van der Waals surface area contributed by atoms with Crippen LogP contribution in [0, 0.1) is 0 Å². The molecule has 0 saturated heterocycles. The van der Waals surface area contributed by atoms with Crippen molar-refractivity contribution in [2.75, 3.05) is 18.4 Å². The van der Waals surface area contributed by atoms with E-state index in [1.165, 1.54) is 0 Å². The standard InChI is InChI=1S/C22H26N2O4/c1-3-12-24(13-4-2)22(28)18-10-7-9-17(14-18)21(27)23-19-11-6-5-8-16(19)15-20(25)26/h5-11,14H,3-4,12-13,15H2,1-2H3,(H,23,27)(H,25,26). The van der Waals surface area contributed by atoms with Crippen LogP contribution in [0.4, 0.5) is 5.69 Å². The van der Waals surface area contributed by atoms with Crippen LogP contribution in [0.3, 0.4) is 0 Å². The molecule has 0 aliphatic heterocycles. The molecule has 2 aromatic carbocycles. The zero-order valence-corrected chi connectivity index (χ0v) is 16.3. The fraction of sp³-hybridized carbons (Fsp3) is 0.318. The molecule has 2 amide bonds. The van der Waals surface area contributed by atoms with Crippen LogP contribution in [0.5, 0.6) is 0 Å². The molecule has 0 spiro atoms. The minimum atomic E-state index is -0.971. The van der Waals surface area contributed by atoms with E-state index in [1.807, 2.05) is 13.8 Å². The molecule has 0 bridgehead atoms. The van der Waals surface area contributed by atoms with E-state index in [9.17, 15) is 14.4 Å². The average molecular weight is 382 g/mol. The van der Waals surface area contributed by atoms with E-state index >= 15 is 0 Å².